The molecule has 1 fully saturated rings. The van der Waals surface area contributed by atoms with Crippen LogP contribution in [0.1, 0.15) is 26.2 Å². The van der Waals surface area contributed by atoms with Crippen molar-refractivity contribution in [2.45, 2.75) is 31.7 Å². The number of hydrogen-bond donors (Lipinski definition) is 2. The summed E-state index contributed by atoms with van der Waals surface area (Å²) in [6, 6.07) is 0. The topological polar surface area (TPSA) is 38.0 Å². The minimum atomic E-state index is 0.248. The molecule has 1 heterocycles. The summed E-state index contributed by atoms with van der Waals surface area (Å²) in [4.78, 5) is 0. The SMILES string of the molecule is CC1(CN)CCCCN1. The predicted molar refractivity (Wildman–Crippen MR) is 39.3 cm³/mol. The first-order valence-corrected chi connectivity index (χ1v) is 3.72. The summed E-state index contributed by atoms with van der Waals surface area (Å²) in [6.45, 7) is 4.12. The van der Waals surface area contributed by atoms with Crippen molar-refractivity contribution < 1.29 is 0 Å². The van der Waals surface area contributed by atoms with Crippen LogP contribution in [0.4, 0.5) is 0 Å². The van der Waals surface area contributed by atoms with E-state index in [2.05, 4.69) is 12.2 Å². The van der Waals surface area contributed by atoms with Gasteiger partial charge in [-0.2, -0.15) is 0 Å². The Hall–Kier alpha value is -0.0800. The number of rotatable bonds is 1. The van der Waals surface area contributed by atoms with Gasteiger partial charge in [-0.3, -0.25) is 0 Å². The summed E-state index contributed by atoms with van der Waals surface area (Å²) in [5, 5.41) is 3.42. The van der Waals surface area contributed by atoms with Crippen molar-refractivity contribution in [2.24, 2.45) is 5.73 Å². The third kappa shape index (κ3) is 1.66. The molecule has 0 radical (unpaired) electrons. The number of piperidine rings is 1. The minimum Gasteiger partial charge on any atom is -0.329 e. The normalized spacial score (nSPS) is 36.7. The molecule has 2 heteroatoms. The number of hydrogen-bond acceptors (Lipinski definition) is 2. The van der Waals surface area contributed by atoms with Gasteiger partial charge in [0.1, 0.15) is 0 Å². The molecule has 1 aliphatic rings. The van der Waals surface area contributed by atoms with Crippen LogP contribution in [-0.4, -0.2) is 18.6 Å². The van der Waals surface area contributed by atoms with Crippen molar-refractivity contribution in [1.82, 2.24) is 5.32 Å². The molecule has 54 valence electrons. The smallest absolute Gasteiger partial charge is 0.0275 e. The lowest BCUT2D eigenvalue weighted by Crippen LogP contribution is -2.51. The van der Waals surface area contributed by atoms with Crippen molar-refractivity contribution in [3.8, 4) is 0 Å². The summed E-state index contributed by atoms with van der Waals surface area (Å²) in [5.74, 6) is 0. The first-order chi connectivity index (χ1) is 4.27. The molecule has 1 aliphatic heterocycles. The zero-order chi connectivity index (χ0) is 6.74. The third-order valence-electron chi connectivity index (χ3n) is 2.16. The number of nitrogens with one attached hydrogen (secondary N) is 1. The van der Waals surface area contributed by atoms with E-state index >= 15 is 0 Å². The van der Waals surface area contributed by atoms with E-state index in [-0.39, 0.29) is 5.54 Å². The molecule has 2 nitrogen and oxygen atoms in total. The zero-order valence-electron chi connectivity index (χ0n) is 6.11. The van der Waals surface area contributed by atoms with Crippen LogP contribution in [-0.2, 0) is 0 Å². The molecule has 1 atom stereocenters. The molecule has 0 aromatic rings. The van der Waals surface area contributed by atoms with Gasteiger partial charge >= 0.3 is 0 Å². The second-order valence-electron chi connectivity index (χ2n) is 3.15. The summed E-state index contributed by atoms with van der Waals surface area (Å²) in [5.41, 5.74) is 5.82. The molecule has 0 saturated carbocycles. The van der Waals surface area contributed by atoms with E-state index in [1.54, 1.807) is 0 Å². The highest BCUT2D eigenvalue weighted by Gasteiger charge is 2.23. The minimum absolute atomic E-state index is 0.248. The van der Waals surface area contributed by atoms with Gasteiger partial charge in [0, 0.05) is 12.1 Å². The molecule has 9 heavy (non-hydrogen) atoms. The van der Waals surface area contributed by atoms with E-state index in [0.717, 1.165) is 13.1 Å². The van der Waals surface area contributed by atoms with Gasteiger partial charge in [-0.05, 0) is 26.3 Å². The quantitative estimate of drug-likeness (QED) is 0.539. The molecule has 0 aromatic carbocycles. The van der Waals surface area contributed by atoms with Crippen LogP contribution in [0.3, 0.4) is 0 Å². The Morgan fingerprint density at radius 3 is 2.67 bits per heavy atom. The Morgan fingerprint density at radius 2 is 2.33 bits per heavy atom. The molecule has 0 spiro atoms. The van der Waals surface area contributed by atoms with Crippen LogP contribution in [0.2, 0.25) is 0 Å². The highest BCUT2D eigenvalue weighted by atomic mass is 15.0. The summed E-state index contributed by atoms with van der Waals surface area (Å²) < 4.78 is 0. The van der Waals surface area contributed by atoms with Crippen molar-refractivity contribution in [1.29, 1.82) is 0 Å². The van der Waals surface area contributed by atoms with E-state index in [0.29, 0.717) is 0 Å². The average molecular weight is 128 g/mol. The Morgan fingerprint density at radius 1 is 1.56 bits per heavy atom. The lowest BCUT2D eigenvalue weighted by molar-refractivity contribution is 0.286. The Balaban J connectivity index is 2.37. The largest absolute Gasteiger partial charge is 0.329 e. The van der Waals surface area contributed by atoms with Crippen LogP contribution in [0.5, 0.6) is 0 Å². The van der Waals surface area contributed by atoms with Crippen molar-refractivity contribution >= 4 is 0 Å². The lowest BCUT2D eigenvalue weighted by Gasteiger charge is -2.33. The molecular weight excluding hydrogens is 112 g/mol. The fourth-order valence-electron chi connectivity index (χ4n) is 1.29. The van der Waals surface area contributed by atoms with Gasteiger partial charge in [-0.15, -0.1) is 0 Å². The predicted octanol–water partition coefficient (Wildman–Crippen LogP) is 0.477. The first kappa shape index (κ1) is 7.03. The van der Waals surface area contributed by atoms with Gasteiger partial charge < -0.3 is 11.1 Å². The van der Waals surface area contributed by atoms with Gasteiger partial charge in [0.05, 0.1) is 0 Å². The standard InChI is InChI=1S/C7H16N2/c1-7(6-8)4-2-3-5-9-7/h9H,2-6,8H2,1H3. The molecule has 3 N–H and O–H groups in total. The maximum atomic E-state index is 5.58. The average Bonchev–Trinajstić information content (AvgIpc) is 1.90. The van der Waals surface area contributed by atoms with Crippen molar-refractivity contribution in [3.63, 3.8) is 0 Å². The van der Waals surface area contributed by atoms with E-state index in [4.69, 9.17) is 5.73 Å². The fraction of sp³-hybridized carbons (Fsp3) is 1.00. The molecule has 1 unspecified atom stereocenters. The molecule has 0 bridgehead atoms. The van der Waals surface area contributed by atoms with Gasteiger partial charge in [-0.1, -0.05) is 6.42 Å². The zero-order valence-corrected chi connectivity index (χ0v) is 6.11. The van der Waals surface area contributed by atoms with Gasteiger partial charge in [0.15, 0.2) is 0 Å². The van der Waals surface area contributed by atoms with Crippen LogP contribution in [0.15, 0.2) is 0 Å². The van der Waals surface area contributed by atoms with Crippen molar-refractivity contribution in [3.05, 3.63) is 0 Å². The first-order valence-electron chi connectivity index (χ1n) is 3.72. The molecule has 1 rings (SSSR count). The van der Waals surface area contributed by atoms with Crippen LogP contribution < -0.4 is 11.1 Å². The summed E-state index contributed by atoms with van der Waals surface area (Å²) >= 11 is 0. The highest BCUT2D eigenvalue weighted by molar-refractivity contribution is 4.86. The highest BCUT2D eigenvalue weighted by Crippen LogP contribution is 2.16. The summed E-state index contributed by atoms with van der Waals surface area (Å²) in [7, 11) is 0. The maximum Gasteiger partial charge on any atom is 0.0275 e. The van der Waals surface area contributed by atoms with Crippen LogP contribution in [0, 0.1) is 0 Å². The van der Waals surface area contributed by atoms with Gasteiger partial charge in [-0.25, -0.2) is 0 Å². The Labute approximate surface area is 56.8 Å². The fourth-order valence-corrected chi connectivity index (χ4v) is 1.29. The van der Waals surface area contributed by atoms with E-state index in [1.807, 2.05) is 0 Å². The summed E-state index contributed by atoms with van der Waals surface area (Å²) in [6.07, 6.45) is 3.89. The lowest BCUT2D eigenvalue weighted by atomic mass is 9.91. The second-order valence-corrected chi connectivity index (χ2v) is 3.15. The van der Waals surface area contributed by atoms with Crippen LogP contribution in [0.25, 0.3) is 0 Å². The molecule has 0 aliphatic carbocycles. The van der Waals surface area contributed by atoms with Crippen molar-refractivity contribution in [2.75, 3.05) is 13.1 Å². The van der Waals surface area contributed by atoms with E-state index in [9.17, 15) is 0 Å². The molecular formula is C7H16N2. The van der Waals surface area contributed by atoms with Crippen LogP contribution >= 0.6 is 0 Å². The monoisotopic (exact) mass is 128 g/mol. The Kier molecular flexibility index (Phi) is 2.09. The van der Waals surface area contributed by atoms with E-state index in [1.165, 1.54) is 19.3 Å². The molecule has 0 aromatic heterocycles. The third-order valence-corrected chi connectivity index (χ3v) is 2.16. The van der Waals surface area contributed by atoms with Gasteiger partial charge in [0.25, 0.3) is 0 Å². The second kappa shape index (κ2) is 2.67. The molecule has 0 amide bonds. The number of nitrogens with two attached hydrogens (primary N) is 1. The Bertz CT molecular complexity index is 84.9. The maximum absolute atomic E-state index is 5.58. The van der Waals surface area contributed by atoms with E-state index < -0.39 is 0 Å². The van der Waals surface area contributed by atoms with Gasteiger partial charge in [0.2, 0.25) is 0 Å². The molecule has 1 saturated heterocycles.